The van der Waals surface area contributed by atoms with Crippen molar-refractivity contribution in [3.63, 3.8) is 0 Å². The maximum absolute atomic E-state index is 12.6. The largest absolute Gasteiger partial charge is 0.493 e. The van der Waals surface area contributed by atoms with E-state index in [-0.39, 0.29) is 28.7 Å². The Morgan fingerprint density at radius 2 is 1.54 bits per heavy atom. The molecule has 2 N–H and O–H groups in total. The third-order valence-electron chi connectivity index (χ3n) is 4.55. The quantitative estimate of drug-likeness (QED) is 0.266. The van der Waals surface area contributed by atoms with Gasteiger partial charge in [0.15, 0.2) is 18.1 Å². The van der Waals surface area contributed by atoms with Crippen LogP contribution in [0.2, 0.25) is 15.1 Å². The third kappa shape index (κ3) is 6.90. The van der Waals surface area contributed by atoms with Gasteiger partial charge in [0.25, 0.3) is 11.8 Å². The van der Waals surface area contributed by atoms with Gasteiger partial charge in [-0.05, 0) is 48.0 Å². The fourth-order valence-electron chi connectivity index (χ4n) is 2.92. The first-order valence-corrected chi connectivity index (χ1v) is 11.2. The lowest BCUT2D eigenvalue weighted by Crippen LogP contribution is -2.20. The zero-order chi connectivity index (χ0) is 25.4. The molecule has 0 spiro atoms. The van der Waals surface area contributed by atoms with Crippen LogP contribution in [0.15, 0.2) is 66.2 Å². The van der Waals surface area contributed by atoms with Gasteiger partial charge in [-0.15, -0.1) is 0 Å². The molecule has 3 aromatic rings. The molecule has 0 aliphatic heterocycles. The highest BCUT2D eigenvalue weighted by Gasteiger charge is 2.16. The first kappa shape index (κ1) is 25.9. The smallest absolute Gasteiger partial charge is 0.266 e. The molecule has 3 aromatic carbocycles. The molecule has 0 unspecified atom stereocenters. The van der Waals surface area contributed by atoms with Crippen LogP contribution in [0.1, 0.15) is 5.56 Å². The fourth-order valence-corrected chi connectivity index (χ4v) is 3.56. The summed E-state index contributed by atoms with van der Waals surface area (Å²) < 4.78 is 10.9. The van der Waals surface area contributed by atoms with Crippen LogP contribution >= 0.6 is 34.8 Å². The number of anilines is 2. The Morgan fingerprint density at radius 3 is 2.11 bits per heavy atom. The van der Waals surface area contributed by atoms with Crippen molar-refractivity contribution in [3.8, 4) is 17.6 Å². The van der Waals surface area contributed by atoms with Gasteiger partial charge in [0.05, 0.1) is 33.6 Å². The van der Waals surface area contributed by atoms with Crippen LogP contribution in [0.3, 0.4) is 0 Å². The second-order valence-corrected chi connectivity index (χ2v) is 8.18. The minimum Gasteiger partial charge on any atom is -0.493 e. The molecule has 0 atom stereocenters. The first-order valence-electron chi connectivity index (χ1n) is 10.0. The lowest BCUT2D eigenvalue weighted by atomic mass is 10.1. The number of amides is 2. The predicted molar refractivity (Wildman–Crippen MR) is 137 cm³/mol. The number of halogens is 3. The second kappa shape index (κ2) is 12.1. The molecule has 3 rings (SSSR count). The summed E-state index contributed by atoms with van der Waals surface area (Å²) >= 11 is 18.5. The van der Waals surface area contributed by atoms with E-state index in [1.54, 1.807) is 48.5 Å². The summed E-state index contributed by atoms with van der Waals surface area (Å²) in [5.41, 5.74) is 1.04. The van der Waals surface area contributed by atoms with E-state index in [0.29, 0.717) is 27.0 Å². The molecule has 0 aromatic heterocycles. The Bertz CT molecular complexity index is 1340. The fraction of sp³-hybridized carbons (Fsp3) is 0.0800. The van der Waals surface area contributed by atoms with E-state index >= 15 is 0 Å². The van der Waals surface area contributed by atoms with Crippen molar-refractivity contribution in [2.75, 3.05) is 24.4 Å². The van der Waals surface area contributed by atoms with Crippen LogP contribution in [0.4, 0.5) is 11.4 Å². The van der Waals surface area contributed by atoms with Gasteiger partial charge >= 0.3 is 0 Å². The number of ether oxygens (including phenoxy) is 2. The number of methoxy groups -OCH3 is 1. The van der Waals surface area contributed by atoms with E-state index in [9.17, 15) is 14.9 Å². The average Bonchev–Trinajstić information content (AvgIpc) is 2.84. The van der Waals surface area contributed by atoms with Crippen molar-refractivity contribution in [1.29, 1.82) is 5.26 Å². The van der Waals surface area contributed by atoms with E-state index in [0.717, 1.165) is 0 Å². The number of carbonyl (C=O) groups is 2. The minimum absolute atomic E-state index is 0.116. The van der Waals surface area contributed by atoms with Crippen LogP contribution in [0, 0.1) is 11.3 Å². The summed E-state index contributed by atoms with van der Waals surface area (Å²) in [4.78, 5) is 24.8. The summed E-state index contributed by atoms with van der Waals surface area (Å²) in [6, 6.07) is 18.3. The lowest BCUT2D eigenvalue weighted by molar-refractivity contribution is -0.118. The van der Waals surface area contributed by atoms with Gasteiger partial charge in [-0.1, -0.05) is 59.1 Å². The van der Waals surface area contributed by atoms with Crippen molar-refractivity contribution in [1.82, 2.24) is 0 Å². The second-order valence-electron chi connectivity index (χ2n) is 6.95. The van der Waals surface area contributed by atoms with Crippen molar-refractivity contribution < 1.29 is 19.1 Å². The predicted octanol–water partition coefficient (Wildman–Crippen LogP) is 6.22. The average molecular weight is 531 g/mol. The molecule has 10 heteroatoms. The van der Waals surface area contributed by atoms with Crippen molar-refractivity contribution in [2.45, 2.75) is 0 Å². The van der Waals surface area contributed by atoms with E-state index < -0.39 is 11.8 Å². The maximum Gasteiger partial charge on any atom is 0.266 e. The highest BCUT2D eigenvalue weighted by molar-refractivity contribution is 6.34. The molecule has 0 fully saturated rings. The van der Waals surface area contributed by atoms with Crippen LogP contribution < -0.4 is 20.1 Å². The summed E-state index contributed by atoms with van der Waals surface area (Å²) in [6.07, 6.45) is 1.34. The van der Waals surface area contributed by atoms with E-state index in [2.05, 4.69) is 10.6 Å². The normalized spacial score (nSPS) is 10.8. The minimum atomic E-state index is -0.646. The molecule has 0 aliphatic carbocycles. The van der Waals surface area contributed by atoms with Crippen molar-refractivity contribution in [2.24, 2.45) is 0 Å². The molecule has 0 heterocycles. The summed E-state index contributed by atoms with van der Waals surface area (Å²) in [6.45, 7) is -0.361. The molecule has 7 nitrogen and oxygen atoms in total. The van der Waals surface area contributed by atoms with Gasteiger partial charge in [0.1, 0.15) is 11.6 Å². The van der Waals surface area contributed by atoms with Crippen LogP contribution in [0.5, 0.6) is 11.5 Å². The van der Waals surface area contributed by atoms with Crippen LogP contribution in [0.25, 0.3) is 6.08 Å². The number of nitrogens with zero attached hydrogens (tertiary/aromatic N) is 1. The number of hydrogen-bond donors (Lipinski definition) is 2. The standard InChI is InChI=1S/C25H18Cl3N3O4/c1-34-22-12-15(10-16(13-29)25(33)31-21-9-5-3-7-18(21)27)11-19(28)24(22)35-14-23(32)30-20-8-4-2-6-17(20)26/h2-12H,14H2,1H3,(H,30,32)(H,31,33)/b16-10+. The molecular formula is C25H18Cl3N3O4. The zero-order valence-corrected chi connectivity index (χ0v) is 20.5. The van der Waals surface area contributed by atoms with E-state index in [1.807, 2.05) is 6.07 Å². The van der Waals surface area contributed by atoms with Crippen LogP contribution in [-0.2, 0) is 9.59 Å². The maximum atomic E-state index is 12.6. The summed E-state index contributed by atoms with van der Waals surface area (Å²) in [5, 5.41) is 15.6. The Labute approximate surface area is 216 Å². The molecule has 35 heavy (non-hydrogen) atoms. The SMILES string of the molecule is COc1cc(/C=C(\C#N)C(=O)Nc2ccccc2Cl)cc(Cl)c1OCC(=O)Nc1ccccc1Cl. The van der Waals surface area contributed by atoms with Crippen molar-refractivity contribution in [3.05, 3.63) is 86.9 Å². The monoisotopic (exact) mass is 529 g/mol. The Kier molecular flexibility index (Phi) is 8.98. The van der Waals surface area contributed by atoms with Gasteiger partial charge in [-0.2, -0.15) is 5.26 Å². The number of nitriles is 1. The van der Waals surface area contributed by atoms with Gasteiger partial charge in [0.2, 0.25) is 0 Å². The molecule has 0 radical (unpaired) electrons. The van der Waals surface area contributed by atoms with Gasteiger partial charge < -0.3 is 20.1 Å². The first-order chi connectivity index (χ1) is 16.8. The molecule has 2 amide bonds. The number of rotatable bonds is 8. The summed E-state index contributed by atoms with van der Waals surface area (Å²) in [7, 11) is 1.39. The molecular weight excluding hydrogens is 513 g/mol. The number of hydrogen-bond acceptors (Lipinski definition) is 5. The van der Waals surface area contributed by atoms with Crippen LogP contribution in [-0.4, -0.2) is 25.5 Å². The van der Waals surface area contributed by atoms with Gasteiger partial charge in [-0.3, -0.25) is 9.59 Å². The Hall–Kier alpha value is -3.70. The van der Waals surface area contributed by atoms with Crippen molar-refractivity contribution >= 4 is 64.1 Å². The third-order valence-corrected chi connectivity index (χ3v) is 5.49. The highest BCUT2D eigenvalue weighted by Crippen LogP contribution is 2.37. The topological polar surface area (TPSA) is 100 Å². The number of para-hydroxylation sites is 2. The molecule has 0 bridgehead atoms. The Morgan fingerprint density at radius 1 is 0.943 bits per heavy atom. The zero-order valence-electron chi connectivity index (χ0n) is 18.3. The van der Waals surface area contributed by atoms with Gasteiger partial charge in [0, 0.05) is 0 Å². The molecule has 178 valence electrons. The van der Waals surface area contributed by atoms with E-state index in [4.69, 9.17) is 44.3 Å². The molecule has 0 saturated heterocycles. The number of benzene rings is 3. The van der Waals surface area contributed by atoms with Gasteiger partial charge in [-0.25, -0.2) is 0 Å². The highest BCUT2D eigenvalue weighted by atomic mass is 35.5. The van der Waals surface area contributed by atoms with E-state index in [1.165, 1.54) is 25.3 Å². The summed E-state index contributed by atoms with van der Waals surface area (Å²) in [5.74, 6) is -0.770. The molecule has 0 aliphatic rings. The lowest BCUT2D eigenvalue weighted by Gasteiger charge is -2.14. The number of nitrogens with one attached hydrogen (secondary N) is 2. The Balaban J connectivity index is 1.75. The molecule has 0 saturated carbocycles. The number of carbonyl (C=O) groups excluding carboxylic acids is 2.